The van der Waals surface area contributed by atoms with Gasteiger partial charge in [-0.1, -0.05) is 42.5 Å². The number of carbonyl (C=O) groups excluding carboxylic acids is 1. The zero-order chi connectivity index (χ0) is 20.5. The van der Waals surface area contributed by atoms with E-state index in [0.717, 1.165) is 23.1 Å². The van der Waals surface area contributed by atoms with Crippen LogP contribution in [-0.4, -0.2) is 17.2 Å². The monoisotopic (exact) mass is 394 g/mol. The first-order chi connectivity index (χ1) is 14.0. The zero-order valence-electron chi connectivity index (χ0n) is 16.4. The van der Waals surface area contributed by atoms with Crippen molar-refractivity contribution in [3.63, 3.8) is 0 Å². The molecule has 1 saturated carbocycles. The first-order valence-electron chi connectivity index (χ1n) is 9.85. The minimum atomic E-state index is -0.670. The Hall–Kier alpha value is -3.15. The van der Waals surface area contributed by atoms with Gasteiger partial charge in [-0.2, -0.15) is 0 Å². The lowest BCUT2D eigenvalue weighted by atomic mass is 9.99. The van der Waals surface area contributed by atoms with Crippen molar-refractivity contribution in [1.82, 2.24) is 10.0 Å². The van der Waals surface area contributed by atoms with Gasteiger partial charge in [-0.15, -0.1) is 4.73 Å². The van der Waals surface area contributed by atoms with Gasteiger partial charge < -0.3 is 10.2 Å². The molecule has 3 aromatic rings. The molecule has 0 bridgehead atoms. The second kappa shape index (κ2) is 7.70. The highest BCUT2D eigenvalue weighted by atomic mass is 19.1. The summed E-state index contributed by atoms with van der Waals surface area (Å²) in [6, 6.07) is 14.0. The Morgan fingerprint density at radius 1 is 1.21 bits per heavy atom. The van der Waals surface area contributed by atoms with E-state index >= 15 is 0 Å². The Kier molecular flexibility index (Phi) is 5.09. The third-order valence-electron chi connectivity index (χ3n) is 5.37. The van der Waals surface area contributed by atoms with Gasteiger partial charge in [0.15, 0.2) is 0 Å². The third kappa shape index (κ3) is 3.50. The number of nitrogens with one attached hydrogen (secondary N) is 1. The lowest BCUT2D eigenvalue weighted by Crippen LogP contribution is -2.35. The van der Waals surface area contributed by atoms with Crippen molar-refractivity contribution in [2.24, 2.45) is 5.92 Å². The molecule has 4 rings (SSSR count). The van der Waals surface area contributed by atoms with E-state index < -0.39 is 11.4 Å². The van der Waals surface area contributed by atoms with E-state index in [4.69, 9.17) is 4.84 Å². The lowest BCUT2D eigenvalue weighted by molar-refractivity contribution is 0.0908. The molecular formula is C23H23FN2O3. The van der Waals surface area contributed by atoms with Crippen LogP contribution in [0.5, 0.6) is 0 Å². The van der Waals surface area contributed by atoms with Crippen LogP contribution in [0.25, 0.3) is 10.8 Å². The first-order valence-corrected chi connectivity index (χ1v) is 9.85. The summed E-state index contributed by atoms with van der Waals surface area (Å²) in [7, 11) is 0. The van der Waals surface area contributed by atoms with Crippen LogP contribution in [0.15, 0.2) is 53.3 Å². The van der Waals surface area contributed by atoms with E-state index in [1.54, 1.807) is 19.9 Å². The average molecular weight is 394 g/mol. The van der Waals surface area contributed by atoms with Crippen LogP contribution in [0.1, 0.15) is 47.4 Å². The van der Waals surface area contributed by atoms with Crippen molar-refractivity contribution in [2.75, 3.05) is 6.61 Å². The Bertz CT molecular complexity index is 1120. The number of amides is 1. The van der Waals surface area contributed by atoms with Gasteiger partial charge >= 0.3 is 0 Å². The predicted molar refractivity (Wildman–Crippen MR) is 109 cm³/mol. The number of fused-ring (bicyclic) bond motifs is 1. The molecule has 1 fully saturated rings. The molecule has 0 aliphatic heterocycles. The van der Waals surface area contributed by atoms with E-state index in [1.807, 2.05) is 30.3 Å². The molecule has 1 atom stereocenters. The third-order valence-corrected chi connectivity index (χ3v) is 5.37. The fraction of sp³-hybridized carbons (Fsp3) is 0.304. The lowest BCUT2D eigenvalue weighted by Gasteiger charge is -2.21. The first kappa shape index (κ1) is 19.2. The molecule has 1 aliphatic carbocycles. The standard InChI is InChI=1S/C23H23FN2O3/c1-3-29-26-14(2)19(17-10-7-11-18(24)20(17)23(26)28)22(27)25-21(16-12-13-16)15-8-5-4-6-9-15/h4-11,16,21H,3,12-13H2,1-2H3,(H,25,27)/t21-/m1/s1. The average Bonchev–Trinajstić information content (AvgIpc) is 3.55. The summed E-state index contributed by atoms with van der Waals surface area (Å²) in [5, 5.41) is 3.28. The molecule has 0 unspecified atom stereocenters. The highest BCUT2D eigenvalue weighted by molar-refractivity contribution is 6.08. The molecule has 2 aromatic carbocycles. The number of carbonyl (C=O) groups is 1. The number of rotatable bonds is 6. The normalized spacial score (nSPS) is 14.6. The quantitative estimate of drug-likeness (QED) is 0.692. The van der Waals surface area contributed by atoms with Crippen molar-refractivity contribution in [2.45, 2.75) is 32.7 Å². The Labute approximate surface area is 168 Å². The summed E-state index contributed by atoms with van der Waals surface area (Å²) in [6.07, 6.45) is 2.10. The number of halogens is 1. The van der Waals surface area contributed by atoms with Crippen molar-refractivity contribution in [3.8, 4) is 0 Å². The minimum absolute atomic E-state index is 0.126. The summed E-state index contributed by atoms with van der Waals surface area (Å²) in [5.41, 5.74) is 1.05. The summed E-state index contributed by atoms with van der Waals surface area (Å²) in [6.45, 7) is 3.59. The van der Waals surface area contributed by atoms with Crippen LogP contribution in [0.2, 0.25) is 0 Å². The largest absolute Gasteiger partial charge is 0.411 e. The Morgan fingerprint density at radius 3 is 2.59 bits per heavy atom. The van der Waals surface area contributed by atoms with Gasteiger partial charge in [0.1, 0.15) is 12.4 Å². The molecule has 1 N–H and O–H groups in total. The maximum atomic E-state index is 14.5. The van der Waals surface area contributed by atoms with Crippen molar-refractivity contribution in [3.05, 3.63) is 81.5 Å². The summed E-state index contributed by atoms with van der Waals surface area (Å²) >= 11 is 0. The number of aromatic nitrogens is 1. The smallest absolute Gasteiger partial charge is 0.294 e. The summed E-state index contributed by atoms with van der Waals surface area (Å²) in [4.78, 5) is 31.6. The van der Waals surface area contributed by atoms with Crippen LogP contribution in [0.4, 0.5) is 4.39 Å². The van der Waals surface area contributed by atoms with Gasteiger partial charge in [0.2, 0.25) is 0 Å². The van der Waals surface area contributed by atoms with Crippen molar-refractivity contribution in [1.29, 1.82) is 0 Å². The van der Waals surface area contributed by atoms with E-state index in [9.17, 15) is 14.0 Å². The van der Waals surface area contributed by atoms with Gasteiger partial charge in [-0.25, -0.2) is 4.39 Å². The SMILES string of the molecule is CCOn1c(C)c(C(=O)N[C@H](c2ccccc2)C2CC2)c2cccc(F)c2c1=O. The molecule has 0 radical (unpaired) electrons. The molecule has 5 nitrogen and oxygen atoms in total. The molecule has 1 aliphatic rings. The highest BCUT2D eigenvalue weighted by Gasteiger charge is 2.34. The van der Waals surface area contributed by atoms with E-state index in [0.29, 0.717) is 17.0 Å². The molecule has 0 spiro atoms. The molecule has 1 aromatic heterocycles. The molecule has 6 heteroatoms. The van der Waals surface area contributed by atoms with Gasteiger partial charge in [-0.05, 0) is 44.2 Å². The second-order valence-corrected chi connectivity index (χ2v) is 7.34. The zero-order valence-corrected chi connectivity index (χ0v) is 16.4. The second-order valence-electron chi connectivity index (χ2n) is 7.34. The van der Waals surface area contributed by atoms with Crippen LogP contribution in [0, 0.1) is 18.7 Å². The predicted octanol–water partition coefficient (Wildman–Crippen LogP) is 3.78. The number of benzene rings is 2. The number of pyridine rings is 1. The molecule has 1 heterocycles. The topological polar surface area (TPSA) is 60.3 Å². The van der Waals surface area contributed by atoms with Crippen LogP contribution >= 0.6 is 0 Å². The van der Waals surface area contributed by atoms with Crippen LogP contribution < -0.4 is 15.7 Å². The van der Waals surface area contributed by atoms with E-state index in [1.165, 1.54) is 12.1 Å². The number of hydrogen-bond donors (Lipinski definition) is 1. The minimum Gasteiger partial charge on any atom is -0.411 e. The highest BCUT2D eigenvalue weighted by Crippen LogP contribution is 2.41. The molecule has 0 saturated heterocycles. The maximum absolute atomic E-state index is 14.5. The maximum Gasteiger partial charge on any atom is 0.294 e. The van der Waals surface area contributed by atoms with Gasteiger partial charge in [-0.3, -0.25) is 9.59 Å². The fourth-order valence-corrected chi connectivity index (χ4v) is 3.85. The number of nitrogens with zero attached hydrogens (tertiary/aromatic N) is 1. The molecular weight excluding hydrogens is 371 g/mol. The van der Waals surface area contributed by atoms with Gasteiger partial charge in [0, 0.05) is 5.39 Å². The fourth-order valence-electron chi connectivity index (χ4n) is 3.85. The summed E-state index contributed by atoms with van der Waals surface area (Å²) < 4.78 is 15.5. The van der Waals surface area contributed by atoms with Crippen LogP contribution in [-0.2, 0) is 0 Å². The number of hydrogen-bond acceptors (Lipinski definition) is 3. The van der Waals surface area contributed by atoms with E-state index in [2.05, 4.69) is 5.32 Å². The van der Waals surface area contributed by atoms with Crippen LogP contribution in [0.3, 0.4) is 0 Å². The van der Waals surface area contributed by atoms with Crippen molar-refractivity contribution < 1.29 is 14.0 Å². The van der Waals surface area contributed by atoms with E-state index in [-0.39, 0.29) is 29.5 Å². The van der Waals surface area contributed by atoms with Gasteiger partial charge in [0.25, 0.3) is 11.5 Å². The van der Waals surface area contributed by atoms with Crippen molar-refractivity contribution >= 4 is 16.7 Å². The summed E-state index contributed by atoms with van der Waals surface area (Å²) in [5.74, 6) is -0.633. The molecule has 1 amide bonds. The Balaban J connectivity index is 1.83. The molecule has 150 valence electrons. The Morgan fingerprint density at radius 2 is 1.93 bits per heavy atom. The van der Waals surface area contributed by atoms with Gasteiger partial charge in [0.05, 0.1) is 22.7 Å². The molecule has 29 heavy (non-hydrogen) atoms.